The lowest BCUT2D eigenvalue weighted by Crippen LogP contribution is -2.04. The van der Waals surface area contributed by atoms with Gasteiger partial charge in [-0.3, -0.25) is 4.98 Å². The highest BCUT2D eigenvalue weighted by molar-refractivity contribution is 7.99. The van der Waals surface area contributed by atoms with Gasteiger partial charge < -0.3 is 9.09 Å². The Morgan fingerprint density at radius 1 is 1.19 bits per heavy atom. The average molecular weight is 378 g/mol. The number of nitrogens with zero attached hydrogens (tertiary/aromatic N) is 6. The fourth-order valence-corrected chi connectivity index (χ4v) is 4.01. The molecule has 0 aliphatic rings. The van der Waals surface area contributed by atoms with Crippen LogP contribution >= 0.6 is 11.8 Å². The predicted octanol–water partition coefficient (Wildman–Crippen LogP) is 3.93. The Labute approximate surface area is 160 Å². The van der Waals surface area contributed by atoms with Crippen molar-refractivity contribution in [2.24, 2.45) is 0 Å². The third-order valence-corrected chi connectivity index (χ3v) is 5.37. The summed E-state index contributed by atoms with van der Waals surface area (Å²) < 4.78 is 7.06. The van der Waals surface area contributed by atoms with Gasteiger partial charge in [-0.15, -0.1) is 10.2 Å². The minimum Gasteiger partial charge on any atom is -0.343 e. The van der Waals surface area contributed by atoms with Crippen molar-refractivity contribution in [1.29, 1.82) is 0 Å². The molecule has 0 fully saturated rings. The van der Waals surface area contributed by atoms with E-state index in [0.29, 0.717) is 5.82 Å². The van der Waals surface area contributed by atoms with Crippen LogP contribution in [-0.4, -0.2) is 29.9 Å². The second kappa shape index (κ2) is 7.71. The quantitative estimate of drug-likeness (QED) is 0.470. The maximum absolute atomic E-state index is 4.99. The molecular formula is C19H18N6OS. The summed E-state index contributed by atoms with van der Waals surface area (Å²) in [6.07, 6.45) is 4.89. The van der Waals surface area contributed by atoms with Gasteiger partial charge in [0.2, 0.25) is 6.39 Å². The van der Waals surface area contributed by atoms with Gasteiger partial charge in [0.05, 0.1) is 0 Å². The highest BCUT2D eigenvalue weighted by Crippen LogP contribution is 2.39. The smallest absolute Gasteiger partial charge is 0.213 e. The van der Waals surface area contributed by atoms with E-state index in [1.54, 1.807) is 24.2 Å². The highest BCUT2D eigenvalue weighted by Gasteiger charge is 2.24. The van der Waals surface area contributed by atoms with E-state index in [-0.39, 0.29) is 5.25 Å². The van der Waals surface area contributed by atoms with E-state index < -0.39 is 0 Å². The number of benzene rings is 1. The molecule has 3 aromatic heterocycles. The van der Waals surface area contributed by atoms with E-state index in [0.717, 1.165) is 28.7 Å². The van der Waals surface area contributed by atoms with Gasteiger partial charge >= 0.3 is 0 Å². The summed E-state index contributed by atoms with van der Waals surface area (Å²) in [5.74, 6) is 1.41. The van der Waals surface area contributed by atoms with Crippen molar-refractivity contribution in [3.63, 3.8) is 0 Å². The van der Waals surface area contributed by atoms with E-state index in [1.807, 2.05) is 18.2 Å². The van der Waals surface area contributed by atoms with Gasteiger partial charge in [-0.25, -0.2) is 0 Å². The molecule has 1 aromatic carbocycles. The molecule has 0 bridgehead atoms. The fourth-order valence-electron chi connectivity index (χ4n) is 2.87. The first kappa shape index (κ1) is 17.4. The summed E-state index contributed by atoms with van der Waals surface area (Å²) in [4.78, 5) is 8.46. The molecular weight excluding hydrogens is 360 g/mol. The molecule has 4 aromatic rings. The molecule has 0 aliphatic carbocycles. The van der Waals surface area contributed by atoms with E-state index >= 15 is 0 Å². The van der Waals surface area contributed by atoms with Gasteiger partial charge in [0.25, 0.3) is 0 Å². The molecule has 7 nitrogen and oxygen atoms in total. The Morgan fingerprint density at radius 2 is 2.11 bits per heavy atom. The summed E-state index contributed by atoms with van der Waals surface area (Å²) in [7, 11) is 0. The lowest BCUT2D eigenvalue weighted by atomic mass is 10.1. The zero-order valence-electron chi connectivity index (χ0n) is 15.0. The maximum atomic E-state index is 4.99. The second-order valence-corrected chi connectivity index (χ2v) is 7.07. The number of thioether (sulfide) groups is 1. The van der Waals surface area contributed by atoms with Crippen LogP contribution in [0.1, 0.15) is 29.1 Å². The van der Waals surface area contributed by atoms with Crippen molar-refractivity contribution in [1.82, 2.24) is 29.9 Å². The largest absolute Gasteiger partial charge is 0.343 e. The molecule has 0 amide bonds. The molecule has 0 spiro atoms. The third kappa shape index (κ3) is 3.61. The highest BCUT2D eigenvalue weighted by atomic mass is 32.2. The normalized spacial score (nSPS) is 12.2. The molecule has 4 rings (SSSR count). The summed E-state index contributed by atoms with van der Waals surface area (Å²) >= 11 is 1.56. The zero-order chi connectivity index (χ0) is 18.6. The Kier molecular flexibility index (Phi) is 4.97. The van der Waals surface area contributed by atoms with Gasteiger partial charge in [-0.1, -0.05) is 46.7 Å². The third-order valence-electron chi connectivity index (χ3n) is 4.13. The van der Waals surface area contributed by atoms with Crippen LogP contribution in [0.15, 0.2) is 64.9 Å². The lowest BCUT2D eigenvalue weighted by Gasteiger charge is -2.14. The van der Waals surface area contributed by atoms with Crippen LogP contribution in [0, 0.1) is 6.92 Å². The van der Waals surface area contributed by atoms with Gasteiger partial charge in [-0.05, 0) is 31.5 Å². The molecule has 1 unspecified atom stereocenters. The summed E-state index contributed by atoms with van der Waals surface area (Å²) in [6, 6.07) is 12.2. The number of hydrogen-bond acceptors (Lipinski definition) is 7. The Bertz CT molecular complexity index is 1020. The second-order valence-electron chi connectivity index (χ2n) is 5.99. The minimum atomic E-state index is -0.139. The van der Waals surface area contributed by atoms with Gasteiger partial charge in [0, 0.05) is 24.5 Å². The zero-order valence-corrected chi connectivity index (χ0v) is 15.8. The molecule has 27 heavy (non-hydrogen) atoms. The monoisotopic (exact) mass is 378 g/mol. The van der Waals surface area contributed by atoms with Gasteiger partial charge in [0.15, 0.2) is 16.8 Å². The molecule has 0 N–H and O–H groups in total. The molecule has 0 aliphatic heterocycles. The first-order valence-electron chi connectivity index (χ1n) is 8.59. The van der Waals surface area contributed by atoms with E-state index in [4.69, 9.17) is 4.52 Å². The van der Waals surface area contributed by atoms with E-state index in [2.05, 4.69) is 61.9 Å². The Morgan fingerprint density at radius 3 is 2.81 bits per heavy atom. The van der Waals surface area contributed by atoms with Crippen LogP contribution in [0.25, 0.3) is 11.4 Å². The molecule has 0 radical (unpaired) electrons. The Balaban J connectivity index is 1.73. The van der Waals surface area contributed by atoms with Crippen molar-refractivity contribution in [2.75, 3.05) is 0 Å². The number of hydrogen-bond donors (Lipinski definition) is 0. The van der Waals surface area contributed by atoms with Crippen LogP contribution < -0.4 is 0 Å². The van der Waals surface area contributed by atoms with Crippen molar-refractivity contribution >= 4 is 11.8 Å². The summed E-state index contributed by atoms with van der Waals surface area (Å²) in [5, 5.41) is 13.5. The number of rotatable bonds is 6. The fraction of sp³-hybridized carbons (Fsp3) is 0.211. The standard InChI is InChI=1S/C19H18N6OS/c1-3-25-18(15-8-5-9-20-11-15)22-23-19(25)27-16(17-21-12-26-24-17)14-7-4-6-13(2)10-14/h4-12,16H,3H2,1-2H3. The first-order chi connectivity index (χ1) is 13.3. The van der Waals surface area contributed by atoms with E-state index in [1.165, 1.54) is 12.0 Å². The molecule has 3 heterocycles. The van der Waals surface area contributed by atoms with Crippen LogP contribution in [0.2, 0.25) is 0 Å². The van der Waals surface area contributed by atoms with Crippen molar-refractivity contribution in [2.45, 2.75) is 30.8 Å². The lowest BCUT2D eigenvalue weighted by molar-refractivity contribution is 0.411. The SMILES string of the molecule is CCn1c(SC(c2cccc(C)c2)c2ncon2)nnc1-c1cccnc1. The number of aromatic nitrogens is 6. The average Bonchev–Trinajstić information content (AvgIpc) is 3.36. The molecule has 1 atom stereocenters. The summed E-state index contributed by atoms with van der Waals surface area (Å²) in [5.41, 5.74) is 3.20. The van der Waals surface area contributed by atoms with Crippen molar-refractivity contribution in [3.05, 3.63) is 72.1 Å². The number of aryl methyl sites for hydroxylation is 1. The maximum Gasteiger partial charge on any atom is 0.213 e. The predicted molar refractivity (Wildman–Crippen MR) is 102 cm³/mol. The first-order valence-corrected chi connectivity index (χ1v) is 9.47. The van der Waals surface area contributed by atoms with Crippen LogP contribution in [0.3, 0.4) is 0 Å². The molecule has 136 valence electrons. The van der Waals surface area contributed by atoms with E-state index in [9.17, 15) is 0 Å². The van der Waals surface area contributed by atoms with Crippen LogP contribution in [0.4, 0.5) is 0 Å². The number of pyridine rings is 1. The molecule has 0 saturated heterocycles. The molecule has 0 saturated carbocycles. The van der Waals surface area contributed by atoms with Crippen LogP contribution in [0.5, 0.6) is 0 Å². The topological polar surface area (TPSA) is 82.5 Å². The Hall–Kier alpha value is -3.00. The molecule has 8 heteroatoms. The minimum absolute atomic E-state index is 0.139. The van der Waals surface area contributed by atoms with Gasteiger partial charge in [-0.2, -0.15) is 4.98 Å². The van der Waals surface area contributed by atoms with Crippen molar-refractivity contribution < 1.29 is 4.52 Å². The van der Waals surface area contributed by atoms with Crippen molar-refractivity contribution in [3.8, 4) is 11.4 Å². The van der Waals surface area contributed by atoms with Crippen LogP contribution in [-0.2, 0) is 6.54 Å². The summed E-state index contributed by atoms with van der Waals surface area (Å²) in [6.45, 7) is 4.88. The van der Waals surface area contributed by atoms with Gasteiger partial charge in [0.1, 0.15) is 5.25 Å².